The lowest BCUT2D eigenvalue weighted by atomic mass is 9.87. The number of nitrogens with zero attached hydrogens (tertiary/aromatic N) is 3. The van der Waals surface area contributed by atoms with Crippen molar-refractivity contribution >= 4 is 35.8 Å². The molecule has 2 unspecified atom stereocenters. The van der Waals surface area contributed by atoms with Crippen molar-refractivity contribution in [1.82, 2.24) is 15.1 Å². The Morgan fingerprint density at radius 1 is 1.40 bits per heavy atom. The molecular formula is C18H33IN4O2. The van der Waals surface area contributed by atoms with Gasteiger partial charge >= 0.3 is 0 Å². The molecule has 3 aliphatic rings. The second-order valence-corrected chi connectivity index (χ2v) is 7.49. The summed E-state index contributed by atoms with van der Waals surface area (Å²) < 4.78 is 5.61. The van der Waals surface area contributed by atoms with E-state index < -0.39 is 0 Å². The van der Waals surface area contributed by atoms with Gasteiger partial charge in [-0.3, -0.25) is 9.79 Å². The first-order chi connectivity index (χ1) is 11.7. The maximum atomic E-state index is 11.9. The number of guanidine groups is 1. The quantitative estimate of drug-likeness (QED) is 0.385. The van der Waals surface area contributed by atoms with Crippen LogP contribution in [-0.2, 0) is 9.53 Å². The molecule has 0 aromatic carbocycles. The van der Waals surface area contributed by atoms with Crippen LogP contribution in [0.15, 0.2) is 4.99 Å². The summed E-state index contributed by atoms with van der Waals surface area (Å²) >= 11 is 0. The van der Waals surface area contributed by atoms with Crippen LogP contribution in [0.4, 0.5) is 0 Å². The number of amides is 1. The van der Waals surface area contributed by atoms with Gasteiger partial charge in [0.05, 0.1) is 6.61 Å². The third-order valence-corrected chi connectivity index (χ3v) is 5.92. The average Bonchev–Trinajstić information content (AvgIpc) is 3.32. The maximum Gasteiger partial charge on any atom is 0.222 e. The Balaban J connectivity index is 0.00000225. The van der Waals surface area contributed by atoms with Crippen molar-refractivity contribution in [1.29, 1.82) is 0 Å². The van der Waals surface area contributed by atoms with Gasteiger partial charge in [0.25, 0.3) is 0 Å². The zero-order chi connectivity index (χ0) is 17.0. The standard InChI is InChI=1S/C18H32N4O2.HI/c1-3-15(22-10-4-5-16(22)23)6-9-20-17(19-2)21-11-7-18(13-21)8-12-24-14-18;/h15H,3-14H2,1-2H3,(H,19,20);1H. The summed E-state index contributed by atoms with van der Waals surface area (Å²) in [5.41, 5.74) is 0.353. The minimum atomic E-state index is 0. The van der Waals surface area contributed by atoms with Crippen molar-refractivity contribution in [3.63, 3.8) is 0 Å². The third-order valence-electron chi connectivity index (χ3n) is 5.92. The molecule has 144 valence electrons. The summed E-state index contributed by atoms with van der Waals surface area (Å²) in [7, 11) is 1.86. The van der Waals surface area contributed by atoms with Crippen molar-refractivity contribution in [2.75, 3.05) is 46.4 Å². The molecule has 0 aromatic heterocycles. The topological polar surface area (TPSA) is 57.2 Å². The Morgan fingerprint density at radius 2 is 2.24 bits per heavy atom. The number of halogens is 1. The van der Waals surface area contributed by atoms with E-state index >= 15 is 0 Å². The van der Waals surface area contributed by atoms with Crippen molar-refractivity contribution < 1.29 is 9.53 Å². The molecule has 3 rings (SSSR count). The Hall–Kier alpha value is -0.570. The van der Waals surface area contributed by atoms with Crippen LogP contribution in [-0.4, -0.2) is 74.1 Å². The van der Waals surface area contributed by atoms with E-state index in [9.17, 15) is 4.79 Å². The predicted octanol–water partition coefficient (Wildman–Crippen LogP) is 2.08. The van der Waals surface area contributed by atoms with Crippen LogP contribution in [0, 0.1) is 5.41 Å². The largest absolute Gasteiger partial charge is 0.381 e. The van der Waals surface area contributed by atoms with Crippen LogP contribution in [0.1, 0.15) is 45.4 Å². The minimum Gasteiger partial charge on any atom is -0.381 e. The highest BCUT2D eigenvalue weighted by atomic mass is 127. The number of hydrogen-bond acceptors (Lipinski definition) is 3. The van der Waals surface area contributed by atoms with Crippen LogP contribution >= 0.6 is 24.0 Å². The highest BCUT2D eigenvalue weighted by molar-refractivity contribution is 14.0. The highest BCUT2D eigenvalue weighted by Crippen LogP contribution is 2.38. The number of hydrogen-bond donors (Lipinski definition) is 1. The molecule has 3 aliphatic heterocycles. The molecule has 3 fully saturated rings. The van der Waals surface area contributed by atoms with Gasteiger partial charge in [0.1, 0.15) is 0 Å². The summed E-state index contributed by atoms with van der Waals surface area (Å²) in [5.74, 6) is 1.33. The summed E-state index contributed by atoms with van der Waals surface area (Å²) in [6, 6.07) is 0.360. The minimum absolute atomic E-state index is 0. The Labute approximate surface area is 168 Å². The van der Waals surface area contributed by atoms with Crippen LogP contribution in [0.3, 0.4) is 0 Å². The van der Waals surface area contributed by atoms with E-state index in [0.717, 1.165) is 71.0 Å². The zero-order valence-electron chi connectivity index (χ0n) is 15.6. The predicted molar refractivity (Wildman–Crippen MR) is 110 cm³/mol. The van der Waals surface area contributed by atoms with Gasteiger partial charge in [-0.25, -0.2) is 0 Å². The van der Waals surface area contributed by atoms with Gasteiger partial charge in [-0.1, -0.05) is 6.92 Å². The van der Waals surface area contributed by atoms with Crippen LogP contribution in [0.25, 0.3) is 0 Å². The van der Waals surface area contributed by atoms with Crippen molar-refractivity contribution in [3.05, 3.63) is 0 Å². The van der Waals surface area contributed by atoms with Gasteiger partial charge in [-0.05, 0) is 32.1 Å². The van der Waals surface area contributed by atoms with Gasteiger partial charge < -0.3 is 19.9 Å². The summed E-state index contributed by atoms with van der Waals surface area (Å²) in [4.78, 5) is 20.9. The van der Waals surface area contributed by atoms with E-state index in [0.29, 0.717) is 17.4 Å². The highest BCUT2D eigenvalue weighted by Gasteiger charge is 2.42. The Kier molecular flexibility index (Phi) is 7.79. The third kappa shape index (κ3) is 4.78. The molecule has 0 radical (unpaired) electrons. The summed E-state index contributed by atoms with van der Waals surface area (Å²) in [6.07, 6.45) is 6.13. The fourth-order valence-corrected chi connectivity index (χ4v) is 4.41. The molecule has 0 saturated carbocycles. The first-order valence-corrected chi connectivity index (χ1v) is 9.50. The number of likely N-dealkylation sites (tertiary alicyclic amines) is 2. The van der Waals surface area contributed by atoms with Crippen LogP contribution in [0.2, 0.25) is 0 Å². The molecule has 1 N–H and O–H groups in total. The lowest BCUT2D eigenvalue weighted by molar-refractivity contribution is -0.129. The first kappa shape index (κ1) is 20.7. The number of ether oxygens (including phenoxy) is 1. The van der Waals surface area contributed by atoms with Gasteiger partial charge in [-0.2, -0.15) is 0 Å². The zero-order valence-corrected chi connectivity index (χ0v) is 18.0. The van der Waals surface area contributed by atoms with E-state index in [1.54, 1.807) is 0 Å². The van der Waals surface area contributed by atoms with Crippen LogP contribution in [0.5, 0.6) is 0 Å². The molecule has 6 nitrogen and oxygen atoms in total. The fourth-order valence-electron chi connectivity index (χ4n) is 4.41. The fraction of sp³-hybridized carbons (Fsp3) is 0.889. The first-order valence-electron chi connectivity index (χ1n) is 9.50. The molecule has 2 atom stereocenters. The van der Waals surface area contributed by atoms with E-state index in [4.69, 9.17) is 4.74 Å². The molecule has 0 bridgehead atoms. The monoisotopic (exact) mass is 464 g/mol. The second kappa shape index (κ2) is 9.39. The van der Waals surface area contributed by atoms with Crippen LogP contribution < -0.4 is 5.32 Å². The molecule has 3 heterocycles. The van der Waals surface area contributed by atoms with Gasteiger partial charge in [0.2, 0.25) is 5.91 Å². The van der Waals surface area contributed by atoms with Crippen molar-refractivity contribution in [3.8, 4) is 0 Å². The number of aliphatic imine (C=N–C) groups is 1. The number of rotatable bonds is 5. The summed E-state index contributed by atoms with van der Waals surface area (Å²) in [5, 5.41) is 3.52. The molecule has 25 heavy (non-hydrogen) atoms. The van der Waals surface area contributed by atoms with E-state index in [1.807, 2.05) is 7.05 Å². The maximum absolute atomic E-state index is 11.9. The Bertz CT molecular complexity index is 480. The Morgan fingerprint density at radius 3 is 2.84 bits per heavy atom. The van der Waals surface area contributed by atoms with Crippen molar-refractivity contribution in [2.45, 2.75) is 51.5 Å². The van der Waals surface area contributed by atoms with Gasteiger partial charge in [0, 0.05) is 57.7 Å². The number of carbonyl (C=O) groups excluding carboxylic acids is 1. The summed E-state index contributed by atoms with van der Waals surface area (Å²) in [6.45, 7) is 7.89. The molecular weight excluding hydrogens is 431 g/mol. The molecule has 0 aromatic rings. The molecule has 0 aliphatic carbocycles. The molecule has 7 heteroatoms. The number of carbonyl (C=O) groups is 1. The van der Waals surface area contributed by atoms with Gasteiger partial charge in [-0.15, -0.1) is 24.0 Å². The van der Waals surface area contributed by atoms with Crippen molar-refractivity contribution in [2.24, 2.45) is 10.4 Å². The molecule has 1 amide bonds. The normalized spacial score (nSPS) is 27.9. The molecule has 3 saturated heterocycles. The second-order valence-electron chi connectivity index (χ2n) is 7.49. The SMILES string of the molecule is CCC(CCNC(=NC)N1CCC2(CCOC2)C1)N1CCCC1=O.I. The lowest BCUT2D eigenvalue weighted by Gasteiger charge is -2.28. The smallest absolute Gasteiger partial charge is 0.222 e. The van der Waals surface area contributed by atoms with E-state index in [1.165, 1.54) is 12.8 Å². The van der Waals surface area contributed by atoms with E-state index in [-0.39, 0.29) is 24.0 Å². The average molecular weight is 464 g/mol. The lowest BCUT2D eigenvalue weighted by Crippen LogP contribution is -2.44. The molecule has 1 spiro atoms. The van der Waals surface area contributed by atoms with Gasteiger partial charge in [0.15, 0.2) is 5.96 Å². The number of nitrogens with one attached hydrogen (secondary N) is 1. The van der Waals surface area contributed by atoms with E-state index in [2.05, 4.69) is 27.0 Å².